The van der Waals surface area contributed by atoms with Crippen LogP contribution in [0.15, 0.2) is 6.20 Å². The lowest BCUT2D eigenvalue weighted by molar-refractivity contribution is -0.0165. The van der Waals surface area contributed by atoms with Crippen molar-refractivity contribution in [2.24, 2.45) is 0 Å². The Morgan fingerprint density at radius 1 is 1.40 bits per heavy atom. The fourth-order valence-electron chi connectivity index (χ4n) is 1.12. The van der Waals surface area contributed by atoms with Crippen LogP contribution in [-0.4, -0.2) is 20.6 Å². The molecular formula is C11H21N3O. The molecule has 0 saturated carbocycles. The van der Waals surface area contributed by atoms with E-state index in [0.717, 1.165) is 18.7 Å². The first-order chi connectivity index (χ1) is 7.01. The SMILES string of the molecule is CCCCn1cc(COC(C)(C)C)nn1. The van der Waals surface area contributed by atoms with E-state index in [0.29, 0.717) is 6.61 Å². The van der Waals surface area contributed by atoms with Crippen LogP contribution in [0, 0.1) is 0 Å². The quantitative estimate of drug-likeness (QED) is 0.750. The number of hydrogen-bond donors (Lipinski definition) is 0. The van der Waals surface area contributed by atoms with Gasteiger partial charge in [-0.3, -0.25) is 4.68 Å². The van der Waals surface area contributed by atoms with Crippen molar-refractivity contribution in [1.82, 2.24) is 15.0 Å². The van der Waals surface area contributed by atoms with Crippen LogP contribution in [0.1, 0.15) is 46.2 Å². The highest BCUT2D eigenvalue weighted by molar-refractivity contribution is 4.90. The van der Waals surface area contributed by atoms with Gasteiger partial charge in [0.25, 0.3) is 0 Å². The van der Waals surface area contributed by atoms with Gasteiger partial charge in [0.15, 0.2) is 0 Å². The smallest absolute Gasteiger partial charge is 0.108 e. The summed E-state index contributed by atoms with van der Waals surface area (Å²) in [5, 5.41) is 8.10. The van der Waals surface area contributed by atoms with E-state index in [4.69, 9.17) is 4.74 Å². The van der Waals surface area contributed by atoms with Gasteiger partial charge in [-0.25, -0.2) is 0 Å². The summed E-state index contributed by atoms with van der Waals surface area (Å²) >= 11 is 0. The molecule has 1 rings (SSSR count). The molecule has 0 atom stereocenters. The van der Waals surface area contributed by atoms with Gasteiger partial charge in [-0.05, 0) is 27.2 Å². The molecule has 0 fully saturated rings. The number of hydrogen-bond acceptors (Lipinski definition) is 3. The summed E-state index contributed by atoms with van der Waals surface area (Å²) in [6, 6.07) is 0. The first kappa shape index (κ1) is 12.2. The molecule has 0 amide bonds. The number of nitrogens with zero attached hydrogens (tertiary/aromatic N) is 3. The largest absolute Gasteiger partial charge is 0.369 e. The van der Waals surface area contributed by atoms with Crippen molar-refractivity contribution in [3.63, 3.8) is 0 Å². The molecule has 1 aromatic heterocycles. The lowest BCUT2D eigenvalue weighted by atomic mass is 10.2. The first-order valence-corrected chi connectivity index (χ1v) is 5.54. The second-order valence-corrected chi connectivity index (χ2v) is 4.73. The van der Waals surface area contributed by atoms with Crippen LogP contribution in [0.3, 0.4) is 0 Å². The Balaban J connectivity index is 2.39. The lowest BCUT2D eigenvalue weighted by Gasteiger charge is -2.18. The summed E-state index contributed by atoms with van der Waals surface area (Å²) in [4.78, 5) is 0. The van der Waals surface area contributed by atoms with Gasteiger partial charge in [-0.2, -0.15) is 0 Å². The Kier molecular flexibility index (Phi) is 4.27. The van der Waals surface area contributed by atoms with Crippen LogP contribution in [0.25, 0.3) is 0 Å². The minimum absolute atomic E-state index is 0.118. The van der Waals surface area contributed by atoms with Crippen molar-refractivity contribution >= 4 is 0 Å². The standard InChI is InChI=1S/C11H21N3O/c1-5-6-7-14-8-10(12-13-14)9-15-11(2,3)4/h8H,5-7,9H2,1-4H3. The Morgan fingerprint density at radius 3 is 2.73 bits per heavy atom. The monoisotopic (exact) mass is 211 g/mol. The normalized spacial score (nSPS) is 12.0. The van der Waals surface area contributed by atoms with E-state index in [1.54, 1.807) is 0 Å². The summed E-state index contributed by atoms with van der Waals surface area (Å²) in [6.07, 6.45) is 4.28. The highest BCUT2D eigenvalue weighted by Gasteiger charge is 2.11. The molecule has 4 heteroatoms. The van der Waals surface area contributed by atoms with E-state index >= 15 is 0 Å². The summed E-state index contributed by atoms with van der Waals surface area (Å²) in [6.45, 7) is 9.76. The summed E-state index contributed by atoms with van der Waals surface area (Å²) in [5.41, 5.74) is 0.786. The third-order valence-electron chi connectivity index (χ3n) is 1.98. The van der Waals surface area contributed by atoms with Crippen molar-refractivity contribution in [3.05, 3.63) is 11.9 Å². The first-order valence-electron chi connectivity index (χ1n) is 5.54. The van der Waals surface area contributed by atoms with Crippen LogP contribution in [0.4, 0.5) is 0 Å². The van der Waals surface area contributed by atoms with Crippen molar-refractivity contribution in [2.75, 3.05) is 0 Å². The van der Waals surface area contributed by atoms with Gasteiger partial charge in [0.1, 0.15) is 5.69 Å². The average molecular weight is 211 g/mol. The van der Waals surface area contributed by atoms with Crippen LogP contribution in [0.2, 0.25) is 0 Å². The molecular weight excluding hydrogens is 190 g/mol. The Bertz CT molecular complexity index is 288. The zero-order chi connectivity index (χ0) is 11.3. The van der Waals surface area contributed by atoms with Gasteiger partial charge in [0.2, 0.25) is 0 Å². The number of aryl methyl sites for hydroxylation is 1. The maximum absolute atomic E-state index is 5.62. The van der Waals surface area contributed by atoms with Crippen molar-refractivity contribution in [2.45, 2.75) is 59.3 Å². The molecule has 86 valence electrons. The summed E-state index contributed by atoms with van der Waals surface area (Å²) in [5.74, 6) is 0. The fraction of sp³-hybridized carbons (Fsp3) is 0.818. The van der Waals surface area contributed by atoms with Gasteiger partial charge in [0.05, 0.1) is 18.4 Å². The van der Waals surface area contributed by atoms with Crippen molar-refractivity contribution in [3.8, 4) is 0 Å². The molecule has 0 spiro atoms. The molecule has 0 aliphatic heterocycles. The highest BCUT2D eigenvalue weighted by Crippen LogP contribution is 2.09. The zero-order valence-corrected chi connectivity index (χ0v) is 10.2. The van der Waals surface area contributed by atoms with Gasteiger partial charge in [0, 0.05) is 6.54 Å². The fourth-order valence-corrected chi connectivity index (χ4v) is 1.12. The maximum Gasteiger partial charge on any atom is 0.108 e. The summed E-state index contributed by atoms with van der Waals surface area (Å²) in [7, 11) is 0. The number of rotatable bonds is 5. The molecule has 0 radical (unpaired) electrons. The van der Waals surface area contributed by atoms with Crippen LogP contribution >= 0.6 is 0 Å². The van der Waals surface area contributed by atoms with Crippen molar-refractivity contribution in [1.29, 1.82) is 0 Å². The second-order valence-electron chi connectivity index (χ2n) is 4.73. The van der Waals surface area contributed by atoms with Gasteiger partial charge < -0.3 is 4.74 Å². The molecule has 0 aliphatic carbocycles. The molecule has 0 aromatic carbocycles. The minimum Gasteiger partial charge on any atom is -0.369 e. The summed E-state index contributed by atoms with van der Waals surface area (Å²) < 4.78 is 7.50. The third kappa shape index (κ3) is 4.93. The molecule has 15 heavy (non-hydrogen) atoms. The van der Waals surface area contributed by atoms with E-state index in [-0.39, 0.29) is 5.60 Å². The van der Waals surface area contributed by atoms with Crippen LogP contribution in [-0.2, 0) is 17.9 Å². The molecule has 1 heterocycles. The maximum atomic E-state index is 5.62. The van der Waals surface area contributed by atoms with E-state index in [9.17, 15) is 0 Å². The molecule has 0 bridgehead atoms. The van der Waals surface area contributed by atoms with E-state index in [1.807, 2.05) is 31.6 Å². The van der Waals surface area contributed by atoms with E-state index in [1.165, 1.54) is 6.42 Å². The van der Waals surface area contributed by atoms with Crippen LogP contribution in [0.5, 0.6) is 0 Å². The third-order valence-corrected chi connectivity index (χ3v) is 1.98. The van der Waals surface area contributed by atoms with E-state index < -0.39 is 0 Å². The lowest BCUT2D eigenvalue weighted by Crippen LogP contribution is -2.18. The number of aromatic nitrogens is 3. The predicted octanol–water partition coefficient (Wildman–Crippen LogP) is 2.39. The van der Waals surface area contributed by atoms with Crippen molar-refractivity contribution < 1.29 is 4.74 Å². The number of ether oxygens (including phenoxy) is 1. The number of unbranched alkanes of at least 4 members (excludes halogenated alkanes) is 1. The van der Waals surface area contributed by atoms with Crippen LogP contribution < -0.4 is 0 Å². The molecule has 0 aliphatic rings. The predicted molar refractivity (Wildman–Crippen MR) is 59.5 cm³/mol. The van der Waals surface area contributed by atoms with Gasteiger partial charge in [-0.1, -0.05) is 18.6 Å². The topological polar surface area (TPSA) is 39.9 Å². The van der Waals surface area contributed by atoms with Gasteiger partial charge >= 0.3 is 0 Å². The molecule has 0 unspecified atom stereocenters. The zero-order valence-electron chi connectivity index (χ0n) is 10.2. The molecule has 0 saturated heterocycles. The Morgan fingerprint density at radius 2 is 2.13 bits per heavy atom. The van der Waals surface area contributed by atoms with E-state index in [2.05, 4.69) is 17.2 Å². The average Bonchev–Trinajstić information content (AvgIpc) is 2.58. The Hall–Kier alpha value is -0.900. The molecule has 0 N–H and O–H groups in total. The molecule has 1 aromatic rings. The minimum atomic E-state index is -0.118. The second kappa shape index (κ2) is 5.26. The highest BCUT2D eigenvalue weighted by atomic mass is 16.5. The Labute approximate surface area is 91.6 Å². The molecule has 4 nitrogen and oxygen atoms in total. The van der Waals surface area contributed by atoms with Gasteiger partial charge in [-0.15, -0.1) is 5.10 Å².